The van der Waals surface area contributed by atoms with E-state index in [0.29, 0.717) is 0 Å². The van der Waals surface area contributed by atoms with Gasteiger partial charge in [0.1, 0.15) is 12.1 Å². The van der Waals surface area contributed by atoms with Gasteiger partial charge in [0.05, 0.1) is 11.7 Å². The van der Waals surface area contributed by atoms with Crippen LogP contribution in [0.1, 0.15) is 44.4 Å². The number of rotatable bonds is 2. The molecule has 2 aliphatic rings. The first-order valence-electron chi connectivity index (χ1n) is 7.90. The molecule has 0 spiro atoms. The fraction of sp³-hybridized carbons (Fsp3) is 0.750. The lowest BCUT2D eigenvalue weighted by molar-refractivity contribution is -0.0726. The molecular weight excluding hydrogens is 330 g/mol. The van der Waals surface area contributed by atoms with E-state index in [1.54, 1.807) is 6.33 Å². The van der Waals surface area contributed by atoms with Gasteiger partial charge in [-0.1, -0.05) is 22.4 Å². The average molecular weight is 354 g/mol. The second kappa shape index (κ2) is 6.21. The van der Waals surface area contributed by atoms with Crippen molar-refractivity contribution in [3.05, 3.63) is 17.6 Å². The summed E-state index contributed by atoms with van der Waals surface area (Å²) in [5.41, 5.74) is 2.50. The third-order valence-corrected chi connectivity index (χ3v) is 5.03. The van der Waals surface area contributed by atoms with Crippen molar-refractivity contribution in [2.24, 2.45) is 0 Å². The second-order valence-corrected chi connectivity index (χ2v) is 7.37. The Bertz CT molecular complexity index is 506. The molecule has 1 aliphatic heterocycles. The number of fused-ring (bicyclic) bond motifs is 1. The van der Waals surface area contributed by atoms with E-state index < -0.39 is 0 Å². The van der Waals surface area contributed by atoms with Crippen molar-refractivity contribution >= 4 is 21.7 Å². The Morgan fingerprint density at radius 1 is 1.29 bits per heavy atom. The van der Waals surface area contributed by atoms with Crippen molar-refractivity contribution in [1.29, 1.82) is 0 Å². The van der Waals surface area contributed by atoms with Crippen LogP contribution in [0.2, 0.25) is 0 Å². The maximum atomic E-state index is 6.11. The molecule has 1 atom stereocenters. The highest BCUT2D eigenvalue weighted by Gasteiger charge is 2.34. The van der Waals surface area contributed by atoms with E-state index >= 15 is 0 Å². The minimum atomic E-state index is -0.140. The molecule has 3 rings (SSSR count). The van der Waals surface area contributed by atoms with E-state index in [2.05, 4.69) is 44.6 Å². The molecule has 1 aromatic rings. The molecule has 4 nitrogen and oxygen atoms in total. The van der Waals surface area contributed by atoms with Crippen molar-refractivity contribution < 1.29 is 4.74 Å². The van der Waals surface area contributed by atoms with Crippen LogP contribution in [-0.2, 0) is 17.6 Å². The minimum absolute atomic E-state index is 0.140. The van der Waals surface area contributed by atoms with E-state index in [1.165, 1.54) is 30.5 Å². The van der Waals surface area contributed by atoms with Crippen molar-refractivity contribution in [3.8, 4) is 0 Å². The topological polar surface area (TPSA) is 38.2 Å². The van der Waals surface area contributed by atoms with Gasteiger partial charge in [-0.2, -0.15) is 0 Å². The normalized spacial score (nSPS) is 25.3. The molecule has 0 radical (unpaired) electrons. The first kappa shape index (κ1) is 15.2. The molecule has 1 fully saturated rings. The molecule has 0 saturated carbocycles. The molecule has 1 aromatic heterocycles. The van der Waals surface area contributed by atoms with Crippen LogP contribution in [0.3, 0.4) is 0 Å². The second-order valence-electron chi connectivity index (χ2n) is 6.72. The number of aromatic nitrogens is 2. The summed E-state index contributed by atoms with van der Waals surface area (Å²) in [6.45, 7) is 6.11. The number of nitrogens with zero attached hydrogens (tertiary/aromatic N) is 3. The first-order valence-corrected chi connectivity index (χ1v) is 9.03. The molecule has 0 amide bonds. The molecule has 0 N–H and O–H groups in total. The lowest BCUT2D eigenvalue weighted by Gasteiger charge is -2.43. The maximum Gasteiger partial charge on any atom is 0.135 e. The van der Waals surface area contributed by atoms with Gasteiger partial charge in [-0.15, -0.1) is 0 Å². The SMILES string of the molecule is CC1(C)CN(c2ncnc3c2CCCCC3)CC(CBr)O1. The van der Waals surface area contributed by atoms with Crippen molar-refractivity contribution in [1.82, 2.24) is 9.97 Å². The largest absolute Gasteiger partial charge is 0.368 e. The minimum Gasteiger partial charge on any atom is -0.368 e. The van der Waals surface area contributed by atoms with Gasteiger partial charge < -0.3 is 9.64 Å². The van der Waals surface area contributed by atoms with Gasteiger partial charge in [-0.05, 0) is 39.5 Å². The molecule has 116 valence electrons. The summed E-state index contributed by atoms with van der Waals surface area (Å²) in [4.78, 5) is 11.6. The Balaban J connectivity index is 1.92. The molecule has 5 heteroatoms. The smallest absolute Gasteiger partial charge is 0.135 e. The Kier molecular flexibility index (Phi) is 4.50. The maximum absolute atomic E-state index is 6.11. The van der Waals surface area contributed by atoms with Gasteiger partial charge in [-0.3, -0.25) is 0 Å². The van der Waals surface area contributed by atoms with E-state index in [4.69, 9.17) is 4.74 Å². The lowest BCUT2D eigenvalue weighted by atomic mass is 10.0. The molecule has 1 aliphatic carbocycles. The van der Waals surface area contributed by atoms with E-state index in [-0.39, 0.29) is 11.7 Å². The Labute approximate surface area is 135 Å². The van der Waals surface area contributed by atoms with Gasteiger partial charge in [0.15, 0.2) is 0 Å². The number of alkyl halides is 1. The fourth-order valence-corrected chi connectivity index (χ4v) is 3.83. The summed E-state index contributed by atoms with van der Waals surface area (Å²) in [6.07, 6.45) is 7.97. The van der Waals surface area contributed by atoms with Crippen molar-refractivity contribution in [2.45, 2.75) is 57.7 Å². The number of morpholine rings is 1. The highest BCUT2D eigenvalue weighted by molar-refractivity contribution is 9.09. The number of halogens is 1. The first-order chi connectivity index (χ1) is 10.1. The van der Waals surface area contributed by atoms with Crippen LogP contribution < -0.4 is 4.90 Å². The standard InChI is InChI=1S/C16H24BrN3O/c1-16(2)10-20(9-12(8-17)21-16)15-13-6-4-3-5-7-14(13)18-11-19-15/h11-12H,3-10H2,1-2H3. The van der Waals surface area contributed by atoms with Crippen LogP contribution in [-0.4, -0.2) is 40.1 Å². The van der Waals surface area contributed by atoms with Gasteiger partial charge in [0.2, 0.25) is 0 Å². The average Bonchev–Trinajstić information content (AvgIpc) is 2.70. The molecular formula is C16H24BrN3O. The Morgan fingerprint density at radius 3 is 2.90 bits per heavy atom. The monoisotopic (exact) mass is 353 g/mol. The Hall–Kier alpha value is -0.680. The zero-order valence-electron chi connectivity index (χ0n) is 12.9. The summed E-state index contributed by atoms with van der Waals surface area (Å²) < 4.78 is 6.11. The molecule has 0 bridgehead atoms. The molecule has 1 saturated heterocycles. The highest BCUT2D eigenvalue weighted by Crippen LogP contribution is 2.31. The molecule has 21 heavy (non-hydrogen) atoms. The van der Waals surface area contributed by atoms with Gasteiger partial charge in [0, 0.05) is 29.7 Å². The highest BCUT2D eigenvalue weighted by atomic mass is 79.9. The van der Waals surface area contributed by atoms with Crippen LogP contribution >= 0.6 is 15.9 Å². The van der Waals surface area contributed by atoms with Crippen LogP contribution in [0.5, 0.6) is 0 Å². The third kappa shape index (κ3) is 3.39. The van der Waals surface area contributed by atoms with E-state index in [0.717, 1.165) is 37.1 Å². The third-order valence-electron chi connectivity index (χ3n) is 4.31. The summed E-state index contributed by atoms with van der Waals surface area (Å²) in [5, 5.41) is 0.861. The lowest BCUT2D eigenvalue weighted by Crippen LogP contribution is -2.54. The van der Waals surface area contributed by atoms with Crippen LogP contribution in [0.4, 0.5) is 5.82 Å². The number of hydrogen-bond acceptors (Lipinski definition) is 4. The predicted octanol–water partition coefficient (Wildman–Crippen LogP) is 3.12. The van der Waals surface area contributed by atoms with Crippen LogP contribution in [0.15, 0.2) is 6.33 Å². The number of ether oxygens (including phenoxy) is 1. The van der Waals surface area contributed by atoms with Crippen LogP contribution in [0.25, 0.3) is 0 Å². The number of aryl methyl sites for hydroxylation is 1. The van der Waals surface area contributed by atoms with Gasteiger partial charge in [0.25, 0.3) is 0 Å². The molecule has 1 unspecified atom stereocenters. The zero-order chi connectivity index (χ0) is 14.9. The fourth-order valence-electron chi connectivity index (χ4n) is 3.49. The quantitative estimate of drug-likeness (QED) is 0.604. The summed E-state index contributed by atoms with van der Waals surface area (Å²) in [6, 6.07) is 0. The number of hydrogen-bond donors (Lipinski definition) is 0. The van der Waals surface area contributed by atoms with Crippen molar-refractivity contribution in [2.75, 3.05) is 23.3 Å². The van der Waals surface area contributed by atoms with Crippen molar-refractivity contribution in [3.63, 3.8) is 0 Å². The summed E-state index contributed by atoms with van der Waals surface area (Å²) >= 11 is 3.57. The summed E-state index contributed by atoms with van der Waals surface area (Å²) in [5.74, 6) is 1.14. The van der Waals surface area contributed by atoms with Gasteiger partial charge >= 0.3 is 0 Å². The van der Waals surface area contributed by atoms with E-state index in [1.807, 2.05) is 0 Å². The molecule has 2 heterocycles. The Morgan fingerprint density at radius 2 is 2.10 bits per heavy atom. The predicted molar refractivity (Wildman–Crippen MR) is 88.3 cm³/mol. The van der Waals surface area contributed by atoms with Gasteiger partial charge in [-0.25, -0.2) is 9.97 Å². The summed E-state index contributed by atoms with van der Waals surface area (Å²) in [7, 11) is 0. The zero-order valence-corrected chi connectivity index (χ0v) is 14.5. The van der Waals surface area contributed by atoms with E-state index in [9.17, 15) is 0 Å². The van der Waals surface area contributed by atoms with Crippen LogP contribution in [0, 0.1) is 0 Å². The number of anilines is 1. The molecule has 0 aromatic carbocycles.